The number of halogens is 2. The van der Waals surface area contributed by atoms with E-state index in [2.05, 4.69) is 20.6 Å². The molecule has 1 aromatic heterocycles. The van der Waals surface area contributed by atoms with Crippen molar-refractivity contribution in [2.45, 2.75) is 31.3 Å². The molecule has 0 unspecified atom stereocenters. The van der Waals surface area contributed by atoms with E-state index in [1.165, 1.54) is 17.0 Å². The van der Waals surface area contributed by atoms with Crippen LogP contribution in [-0.4, -0.2) is 54.6 Å². The van der Waals surface area contributed by atoms with Crippen LogP contribution in [0.4, 0.5) is 4.39 Å². The molecule has 0 aliphatic carbocycles. The number of nitrogens with zero attached hydrogens (tertiary/aromatic N) is 4. The van der Waals surface area contributed by atoms with Crippen LogP contribution in [0.3, 0.4) is 0 Å². The van der Waals surface area contributed by atoms with E-state index in [-0.39, 0.29) is 22.5 Å². The van der Waals surface area contributed by atoms with Gasteiger partial charge >= 0.3 is 5.97 Å². The minimum absolute atomic E-state index is 0.0853. The predicted octanol–water partition coefficient (Wildman–Crippen LogP) is 1.89. The number of aromatic amines is 1. The Morgan fingerprint density at radius 1 is 1.38 bits per heavy atom. The van der Waals surface area contributed by atoms with Gasteiger partial charge < -0.3 is 10.0 Å². The average Bonchev–Trinajstić information content (AvgIpc) is 3.26. The number of carbonyl (C=O) groups is 2. The lowest BCUT2D eigenvalue weighted by atomic mass is 9.90. The van der Waals surface area contributed by atoms with E-state index in [0.717, 1.165) is 0 Å². The van der Waals surface area contributed by atoms with Gasteiger partial charge in [-0.3, -0.25) is 4.79 Å². The van der Waals surface area contributed by atoms with Crippen LogP contribution >= 0.6 is 11.6 Å². The molecule has 2 atom stereocenters. The van der Waals surface area contributed by atoms with Crippen molar-refractivity contribution in [1.82, 2.24) is 25.5 Å². The molecule has 2 aromatic rings. The Bertz CT molecular complexity index is 930. The van der Waals surface area contributed by atoms with Crippen LogP contribution in [0, 0.1) is 5.82 Å². The molecule has 26 heavy (non-hydrogen) atoms. The third kappa shape index (κ3) is 2.55. The Morgan fingerprint density at radius 2 is 2.19 bits per heavy atom. The summed E-state index contributed by atoms with van der Waals surface area (Å²) >= 11 is 5.94. The van der Waals surface area contributed by atoms with E-state index in [1.807, 2.05) is 0 Å². The molecule has 4 rings (SSSR count). The molecule has 3 heterocycles. The summed E-state index contributed by atoms with van der Waals surface area (Å²) in [7, 11) is 0. The fraction of sp³-hybridized carbons (Fsp3) is 0.312. The van der Waals surface area contributed by atoms with Crippen molar-refractivity contribution < 1.29 is 19.1 Å². The molecule has 1 aromatic carbocycles. The average molecular weight is 378 g/mol. The molecular weight excluding hydrogens is 365 g/mol. The Morgan fingerprint density at radius 3 is 2.88 bits per heavy atom. The molecule has 0 spiro atoms. The van der Waals surface area contributed by atoms with Gasteiger partial charge in [0.2, 0.25) is 11.7 Å². The minimum atomic E-state index is -1.03. The van der Waals surface area contributed by atoms with Gasteiger partial charge in [-0.2, -0.15) is 5.21 Å². The smallest absolute Gasteiger partial charge is 0.326 e. The number of carboxylic acid groups (broad SMARTS) is 1. The molecule has 1 fully saturated rings. The van der Waals surface area contributed by atoms with E-state index in [1.54, 1.807) is 6.07 Å². The number of carboxylic acids is 1. The minimum Gasteiger partial charge on any atom is -0.480 e. The summed E-state index contributed by atoms with van der Waals surface area (Å²) in [5.41, 5.74) is 0.952. The van der Waals surface area contributed by atoms with Crippen molar-refractivity contribution in [3.63, 3.8) is 0 Å². The number of hydrogen-bond donors (Lipinski definition) is 2. The molecule has 2 aliphatic rings. The predicted molar refractivity (Wildman–Crippen MR) is 88.5 cm³/mol. The number of tetrazole rings is 1. The van der Waals surface area contributed by atoms with E-state index in [0.29, 0.717) is 30.4 Å². The number of amides is 1. The van der Waals surface area contributed by atoms with Crippen LogP contribution in [-0.2, 0) is 9.59 Å². The van der Waals surface area contributed by atoms with Crippen molar-refractivity contribution in [3.05, 3.63) is 34.6 Å². The Kier molecular flexibility index (Phi) is 3.95. The summed E-state index contributed by atoms with van der Waals surface area (Å²) in [5, 5.41) is 22.7. The second-order valence-electron chi connectivity index (χ2n) is 6.22. The van der Waals surface area contributed by atoms with Gasteiger partial charge in [0.05, 0.1) is 5.02 Å². The van der Waals surface area contributed by atoms with Crippen LogP contribution in [0.1, 0.15) is 24.8 Å². The van der Waals surface area contributed by atoms with Crippen LogP contribution in [0.15, 0.2) is 18.2 Å². The first-order valence-corrected chi connectivity index (χ1v) is 8.33. The molecule has 0 radical (unpaired) electrons. The quantitative estimate of drug-likeness (QED) is 0.844. The Balaban J connectivity index is 1.81. The van der Waals surface area contributed by atoms with Gasteiger partial charge in [0.15, 0.2) is 0 Å². The summed E-state index contributed by atoms with van der Waals surface area (Å²) in [6, 6.07) is 1.82. The van der Waals surface area contributed by atoms with Crippen molar-refractivity contribution in [3.8, 4) is 11.4 Å². The largest absolute Gasteiger partial charge is 0.480 e. The van der Waals surface area contributed by atoms with Gasteiger partial charge in [0.25, 0.3) is 0 Å². The van der Waals surface area contributed by atoms with Crippen molar-refractivity contribution in [2.75, 3.05) is 0 Å². The van der Waals surface area contributed by atoms with Crippen LogP contribution < -0.4 is 0 Å². The molecule has 0 saturated carbocycles. The highest BCUT2D eigenvalue weighted by atomic mass is 35.5. The van der Waals surface area contributed by atoms with E-state index < -0.39 is 23.7 Å². The van der Waals surface area contributed by atoms with Crippen molar-refractivity contribution in [2.24, 2.45) is 0 Å². The Labute approximate surface area is 151 Å². The number of benzene rings is 1. The van der Waals surface area contributed by atoms with Gasteiger partial charge in [-0.05, 0) is 42.2 Å². The first-order chi connectivity index (χ1) is 12.5. The maximum atomic E-state index is 14.8. The number of nitrogens with one attached hydrogen (secondary N) is 1. The molecule has 8 nitrogen and oxygen atoms in total. The molecular formula is C16H13ClFN5O3. The Hall–Kier alpha value is -2.81. The summed E-state index contributed by atoms with van der Waals surface area (Å²) < 4.78 is 14.8. The number of fused-ring (bicyclic) bond motifs is 1. The highest BCUT2D eigenvalue weighted by Gasteiger charge is 2.43. The molecule has 134 valence electrons. The van der Waals surface area contributed by atoms with Gasteiger partial charge in [-0.15, -0.1) is 10.2 Å². The lowest BCUT2D eigenvalue weighted by molar-refractivity contribution is -0.147. The SMILES string of the molecule is O=C(O)[C@@H]1CC[C@H]2CC(c3c(-c4nn[nH]n4)ccc(Cl)c3F)=CC(=O)N21. The van der Waals surface area contributed by atoms with Crippen LogP contribution in [0.2, 0.25) is 5.02 Å². The zero-order valence-corrected chi connectivity index (χ0v) is 14.1. The highest BCUT2D eigenvalue weighted by Crippen LogP contribution is 2.40. The van der Waals surface area contributed by atoms with E-state index in [9.17, 15) is 19.1 Å². The monoisotopic (exact) mass is 377 g/mol. The number of aliphatic carboxylic acids is 1. The summed E-state index contributed by atoms with van der Waals surface area (Å²) in [5.74, 6) is -1.96. The molecule has 2 aliphatic heterocycles. The first kappa shape index (κ1) is 16.6. The van der Waals surface area contributed by atoms with Gasteiger partial charge in [-0.25, -0.2) is 9.18 Å². The normalized spacial score (nSPS) is 22.3. The maximum Gasteiger partial charge on any atom is 0.326 e. The molecule has 0 bridgehead atoms. The number of aromatic nitrogens is 4. The second kappa shape index (κ2) is 6.17. The lowest BCUT2D eigenvalue weighted by Crippen LogP contribution is -2.46. The van der Waals surface area contributed by atoms with Crippen LogP contribution in [0.25, 0.3) is 17.0 Å². The first-order valence-electron chi connectivity index (χ1n) is 7.95. The molecule has 10 heteroatoms. The number of H-pyrrole nitrogens is 1. The van der Waals surface area contributed by atoms with Gasteiger partial charge in [0, 0.05) is 23.2 Å². The highest BCUT2D eigenvalue weighted by molar-refractivity contribution is 6.31. The van der Waals surface area contributed by atoms with E-state index >= 15 is 0 Å². The topological polar surface area (TPSA) is 112 Å². The van der Waals surface area contributed by atoms with E-state index in [4.69, 9.17) is 11.6 Å². The number of rotatable bonds is 3. The zero-order valence-electron chi connectivity index (χ0n) is 13.3. The summed E-state index contributed by atoms with van der Waals surface area (Å²) in [6.45, 7) is 0. The summed E-state index contributed by atoms with van der Waals surface area (Å²) in [6.07, 6.45) is 2.52. The molecule has 1 saturated heterocycles. The van der Waals surface area contributed by atoms with Crippen molar-refractivity contribution in [1.29, 1.82) is 0 Å². The number of carbonyl (C=O) groups excluding carboxylic acids is 1. The fourth-order valence-electron chi connectivity index (χ4n) is 3.70. The maximum absolute atomic E-state index is 14.8. The number of hydrogen-bond acceptors (Lipinski definition) is 5. The lowest BCUT2D eigenvalue weighted by Gasteiger charge is -2.32. The molecule has 1 amide bonds. The van der Waals surface area contributed by atoms with Gasteiger partial charge in [0.1, 0.15) is 11.9 Å². The second-order valence-corrected chi connectivity index (χ2v) is 6.63. The molecule has 2 N–H and O–H groups in total. The summed E-state index contributed by atoms with van der Waals surface area (Å²) in [4.78, 5) is 25.3. The van der Waals surface area contributed by atoms with Gasteiger partial charge in [-0.1, -0.05) is 11.6 Å². The fourth-order valence-corrected chi connectivity index (χ4v) is 3.85. The third-order valence-corrected chi connectivity index (χ3v) is 5.09. The van der Waals surface area contributed by atoms with Crippen LogP contribution in [0.5, 0.6) is 0 Å². The van der Waals surface area contributed by atoms with Crippen molar-refractivity contribution >= 4 is 29.1 Å². The third-order valence-electron chi connectivity index (χ3n) is 4.80. The zero-order chi connectivity index (χ0) is 18.4. The standard InChI is InChI=1S/C16H13ClFN5O3/c17-10-3-2-9(15-19-21-22-20-15)13(14(10)18)7-5-8-1-4-11(16(25)26)23(8)12(24)6-7/h2-3,6,8,11H,1,4-5H2,(H,25,26)(H,19,20,21,22)/t8-,11-/m0/s1.